The largest absolute Gasteiger partial charge is 0.381 e. The van der Waals surface area contributed by atoms with Crippen LogP contribution in [0.3, 0.4) is 0 Å². The van der Waals surface area contributed by atoms with Gasteiger partial charge in [-0.2, -0.15) is 0 Å². The van der Waals surface area contributed by atoms with Crippen molar-refractivity contribution in [2.75, 3.05) is 19.8 Å². The summed E-state index contributed by atoms with van der Waals surface area (Å²) in [5.74, 6) is 0.103. The average molecular weight is 358 g/mol. The first kappa shape index (κ1) is 18.0. The van der Waals surface area contributed by atoms with Gasteiger partial charge in [0.2, 0.25) is 5.91 Å². The molecule has 4 heteroatoms. The summed E-state index contributed by atoms with van der Waals surface area (Å²) in [4.78, 5) is 13.0. The number of nitrogens with one attached hydrogen (secondary N) is 1. The van der Waals surface area contributed by atoms with Gasteiger partial charge < -0.3 is 10.1 Å². The van der Waals surface area contributed by atoms with Crippen molar-refractivity contribution < 1.29 is 9.53 Å². The van der Waals surface area contributed by atoms with Crippen molar-refractivity contribution in [1.29, 1.82) is 0 Å². The first-order valence-corrected chi connectivity index (χ1v) is 9.24. The molecule has 3 rings (SSSR count). The standard InChI is InChI=1S/C21H24ClNO2/c22-19-10-8-18(9-11-19)21(12-15-25-16-13-21)20(24)23-14-4-7-17-5-2-1-3-6-17/h1-3,5-6,8-11H,4,7,12-16H2,(H,23,24). The highest BCUT2D eigenvalue weighted by Crippen LogP contribution is 2.35. The Hall–Kier alpha value is -1.84. The first-order chi connectivity index (χ1) is 12.2. The zero-order valence-corrected chi connectivity index (χ0v) is 15.1. The van der Waals surface area contributed by atoms with Crippen LogP contribution in [0, 0.1) is 0 Å². The fourth-order valence-corrected chi connectivity index (χ4v) is 3.57. The Kier molecular flexibility index (Phi) is 6.11. The van der Waals surface area contributed by atoms with Crippen molar-refractivity contribution in [1.82, 2.24) is 5.32 Å². The molecule has 0 bridgehead atoms. The van der Waals surface area contributed by atoms with Gasteiger partial charge in [0, 0.05) is 24.8 Å². The van der Waals surface area contributed by atoms with E-state index in [1.165, 1.54) is 5.56 Å². The summed E-state index contributed by atoms with van der Waals surface area (Å²) < 4.78 is 5.50. The Morgan fingerprint density at radius 1 is 1.04 bits per heavy atom. The lowest BCUT2D eigenvalue weighted by molar-refractivity contribution is -0.130. The number of hydrogen-bond acceptors (Lipinski definition) is 2. The van der Waals surface area contributed by atoms with Gasteiger partial charge in [-0.15, -0.1) is 0 Å². The molecule has 1 aliphatic rings. The van der Waals surface area contributed by atoms with Crippen LogP contribution in [0.4, 0.5) is 0 Å². The van der Waals surface area contributed by atoms with Crippen molar-refractivity contribution in [3.8, 4) is 0 Å². The van der Waals surface area contributed by atoms with E-state index in [4.69, 9.17) is 16.3 Å². The van der Waals surface area contributed by atoms with E-state index >= 15 is 0 Å². The molecule has 0 aliphatic carbocycles. The first-order valence-electron chi connectivity index (χ1n) is 8.87. The fourth-order valence-electron chi connectivity index (χ4n) is 3.44. The van der Waals surface area contributed by atoms with E-state index in [9.17, 15) is 4.79 Å². The minimum Gasteiger partial charge on any atom is -0.381 e. The highest BCUT2D eigenvalue weighted by Gasteiger charge is 2.41. The smallest absolute Gasteiger partial charge is 0.230 e. The Bertz CT molecular complexity index is 679. The number of carbonyl (C=O) groups excluding carboxylic acids is 1. The van der Waals surface area contributed by atoms with E-state index < -0.39 is 5.41 Å². The summed E-state index contributed by atoms with van der Waals surface area (Å²) in [5.41, 5.74) is 1.83. The monoisotopic (exact) mass is 357 g/mol. The molecule has 1 aliphatic heterocycles. The number of amides is 1. The lowest BCUT2D eigenvalue weighted by Gasteiger charge is -2.36. The Morgan fingerprint density at radius 2 is 1.72 bits per heavy atom. The molecule has 25 heavy (non-hydrogen) atoms. The van der Waals surface area contributed by atoms with E-state index in [-0.39, 0.29) is 5.91 Å². The second-order valence-electron chi connectivity index (χ2n) is 6.55. The quantitative estimate of drug-likeness (QED) is 0.789. The number of carbonyl (C=O) groups is 1. The SMILES string of the molecule is O=C(NCCCc1ccccc1)C1(c2ccc(Cl)cc2)CCOCC1. The molecule has 0 unspecified atom stereocenters. The number of ether oxygens (including phenoxy) is 1. The molecule has 1 N–H and O–H groups in total. The third-order valence-corrected chi connectivity index (χ3v) is 5.20. The Balaban J connectivity index is 1.62. The second-order valence-corrected chi connectivity index (χ2v) is 6.98. The number of halogens is 1. The highest BCUT2D eigenvalue weighted by atomic mass is 35.5. The summed E-state index contributed by atoms with van der Waals surface area (Å²) in [6, 6.07) is 18.0. The van der Waals surface area contributed by atoms with Crippen LogP contribution in [-0.2, 0) is 21.4 Å². The summed E-state index contributed by atoms with van der Waals surface area (Å²) in [6.07, 6.45) is 3.32. The number of hydrogen-bond donors (Lipinski definition) is 1. The second kappa shape index (κ2) is 8.50. The molecule has 2 aromatic rings. The maximum absolute atomic E-state index is 13.0. The molecule has 3 nitrogen and oxygen atoms in total. The minimum atomic E-state index is -0.504. The molecule has 1 amide bonds. The molecule has 1 fully saturated rings. The maximum atomic E-state index is 13.0. The fraction of sp³-hybridized carbons (Fsp3) is 0.381. The van der Waals surface area contributed by atoms with Crippen LogP contribution in [0.1, 0.15) is 30.4 Å². The lowest BCUT2D eigenvalue weighted by Crippen LogP contribution is -2.48. The zero-order chi connectivity index (χ0) is 17.5. The normalized spacial score (nSPS) is 16.4. The van der Waals surface area contributed by atoms with E-state index in [0.29, 0.717) is 37.6 Å². The van der Waals surface area contributed by atoms with Crippen LogP contribution in [-0.4, -0.2) is 25.7 Å². The molecule has 1 heterocycles. The molecule has 0 radical (unpaired) electrons. The van der Waals surface area contributed by atoms with Gasteiger partial charge in [-0.25, -0.2) is 0 Å². The minimum absolute atomic E-state index is 0.103. The van der Waals surface area contributed by atoms with Crippen molar-refractivity contribution in [3.05, 3.63) is 70.7 Å². The highest BCUT2D eigenvalue weighted by molar-refractivity contribution is 6.30. The van der Waals surface area contributed by atoms with E-state index in [1.54, 1.807) is 0 Å². The number of rotatable bonds is 6. The molecule has 0 aromatic heterocycles. The summed E-state index contributed by atoms with van der Waals surface area (Å²) in [6.45, 7) is 1.91. The molecule has 0 spiro atoms. The van der Waals surface area contributed by atoms with Gasteiger partial charge >= 0.3 is 0 Å². The average Bonchev–Trinajstić information content (AvgIpc) is 2.67. The van der Waals surface area contributed by atoms with Gasteiger partial charge in [-0.3, -0.25) is 4.79 Å². The topological polar surface area (TPSA) is 38.3 Å². The summed E-state index contributed by atoms with van der Waals surface area (Å²) in [5, 5.41) is 3.84. The van der Waals surface area contributed by atoms with Crippen molar-refractivity contribution in [3.63, 3.8) is 0 Å². The van der Waals surface area contributed by atoms with Gasteiger partial charge in [0.05, 0.1) is 5.41 Å². The van der Waals surface area contributed by atoms with E-state index in [1.807, 2.05) is 42.5 Å². The molecule has 0 saturated carbocycles. The van der Waals surface area contributed by atoms with Crippen LogP contribution < -0.4 is 5.32 Å². The molecular formula is C21H24ClNO2. The molecular weight excluding hydrogens is 334 g/mol. The molecule has 2 aromatic carbocycles. The summed E-state index contributed by atoms with van der Waals surface area (Å²) in [7, 11) is 0. The van der Waals surface area contributed by atoms with Gasteiger partial charge in [-0.1, -0.05) is 54.1 Å². The third kappa shape index (κ3) is 4.42. The number of aryl methyl sites for hydroxylation is 1. The van der Waals surface area contributed by atoms with Crippen LogP contribution in [0.15, 0.2) is 54.6 Å². The van der Waals surface area contributed by atoms with Crippen LogP contribution in [0.2, 0.25) is 5.02 Å². The Labute approximate surface area is 154 Å². The van der Waals surface area contributed by atoms with Crippen LogP contribution >= 0.6 is 11.6 Å². The van der Waals surface area contributed by atoms with Gasteiger partial charge in [0.15, 0.2) is 0 Å². The van der Waals surface area contributed by atoms with E-state index in [0.717, 1.165) is 18.4 Å². The molecule has 132 valence electrons. The van der Waals surface area contributed by atoms with Crippen molar-refractivity contribution >= 4 is 17.5 Å². The lowest BCUT2D eigenvalue weighted by atomic mass is 9.73. The van der Waals surface area contributed by atoms with Gasteiger partial charge in [0.1, 0.15) is 0 Å². The Morgan fingerprint density at radius 3 is 2.40 bits per heavy atom. The van der Waals surface area contributed by atoms with E-state index in [2.05, 4.69) is 17.4 Å². The number of benzene rings is 2. The predicted octanol–water partition coefficient (Wildman–Crippen LogP) is 4.14. The molecule has 1 saturated heterocycles. The third-order valence-electron chi connectivity index (χ3n) is 4.95. The zero-order valence-electron chi connectivity index (χ0n) is 14.3. The van der Waals surface area contributed by atoms with Crippen molar-refractivity contribution in [2.45, 2.75) is 31.1 Å². The predicted molar refractivity (Wildman–Crippen MR) is 101 cm³/mol. The molecule has 0 atom stereocenters. The maximum Gasteiger partial charge on any atom is 0.230 e. The van der Waals surface area contributed by atoms with Gasteiger partial charge in [-0.05, 0) is 48.9 Å². The van der Waals surface area contributed by atoms with Crippen molar-refractivity contribution in [2.24, 2.45) is 0 Å². The van der Waals surface area contributed by atoms with Crippen LogP contribution in [0.25, 0.3) is 0 Å². The van der Waals surface area contributed by atoms with Crippen LogP contribution in [0.5, 0.6) is 0 Å². The summed E-state index contributed by atoms with van der Waals surface area (Å²) >= 11 is 6.01. The van der Waals surface area contributed by atoms with Gasteiger partial charge in [0.25, 0.3) is 0 Å².